The minimum absolute atomic E-state index is 0.0518. The van der Waals surface area contributed by atoms with Crippen molar-refractivity contribution >= 4 is 0 Å². The zero-order valence-electron chi connectivity index (χ0n) is 11.4. The van der Waals surface area contributed by atoms with E-state index in [-0.39, 0.29) is 6.61 Å². The quantitative estimate of drug-likeness (QED) is 0.863. The summed E-state index contributed by atoms with van der Waals surface area (Å²) in [5.74, 6) is 0. The monoisotopic (exact) mass is 256 g/mol. The van der Waals surface area contributed by atoms with Crippen LogP contribution in [0.5, 0.6) is 0 Å². The molecule has 0 aliphatic rings. The highest BCUT2D eigenvalue weighted by molar-refractivity contribution is 5.24. The van der Waals surface area contributed by atoms with Crippen LogP contribution in [-0.2, 0) is 12.1 Å². The maximum atomic E-state index is 9.69. The SMILES string of the molecule is Cc1cncc(CNC(C)(CO)c2ccccc2)c1. The number of rotatable bonds is 5. The lowest BCUT2D eigenvalue weighted by Gasteiger charge is -2.29. The normalized spacial score (nSPS) is 14.1. The van der Waals surface area contributed by atoms with E-state index in [1.54, 1.807) is 0 Å². The Hall–Kier alpha value is -1.71. The molecule has 0 radical (unpaired) electrons. The third kappa shape index (κ3) is 3.40. The summed E-state index contributed by atoms with van der Waals surface area (Å²) in [4.78, 5) is 4.18. The van der Waals surface area contributed by atoms with Crippen LogP contribution in [0.2, 0.25) is 0 Å². The molecule has 19 heavy (non-hydrogen) atoms. The highest BCUT2D eigenvalue weighted by atomic mass is 16.3. The standard InChI is InChI=1S/C16H20N2O/c1-13-8-14(10-17-9-13)11-18-16(2,12-19)15-6-4-3-5-7-15/h3-10,18-19H,11-12H2,1-2H3. The second-order valence-corrected chi connectivity index (χ2v) is 5.08. The summed E-state index contributed by atoms with van der Waals surface area (Å²) in [6.07, 6.45) is 3.69. The first-order valence-corrected chi connectivity index (χ1v) is 6.46. The molecular weight excluding hydrogens is 236 g/mol. The molecule has 0 fully saturated rings. The third-order valence-electron chi connectivity index (χ3n) is 3.34. The molecule has 0 saturated carbocycles. The van der Waals surface area contributed by atoms with Gasteiger partial charge in [-0.25, -0.2) is 0 Å². The van der Waals surface area contributed by atoms with E-state index in [1.807, 2.05) is 56.6 Å². The summed E-state index contributed by atoms with van der Waals surface area (Å²) < 4.78 is 0. The molecule has 100 valence electrons. The molecule has 0 aliphatic heterocycles. The number of nitrogens with one attached hydrogen (secondary N) is 1. The summed E-state index contributed by atoms with van der Waals surface area (Å²) >= 11 is 0. The van der Waals surface area contributed by atoms with Gasteiger partial charge in [0.15, 0.2) is 0 Å². The van der Waals surface area contributed by atoms with Crippen LogP contribution in [-0.4, -0.2) is 16.7 Å². The van der Waals surface area contributed by atoms with Crippen molar-refractivity contribution in [1.82, 2.24) is 10.3 Å². The average molecular weight is 256 g/mol. The molecule has 0 aliphatic carbocycles. The van der Waals surface area contributed by atoms with Crippen LogP contribution >= 0.6 is 0 Å². The van der Waals surface area contributed by atoms with Gasteiger partial charge < -0.3 is 10.4 Å². The van der Waals surface area contributed by atoms with Crippen molar-refractivity contribution in [2.45, 2.75) is 25.9 Å². The van der Waals surface area contributed by atoms with Crippen LogP contribution in [0.15, 0.2) is 48.8 Å². The number of hydrogen-bond donors (Lipinski definition) is 2. The van der Waals surface area contributed by atoms with Gasteiger partial charge in [-0.15, -0.1) is 0 Å². The number of benzene rings is 1. The zero-order chi connectivity index (χ0) is 13.7. The largest absolute Gasteiger partial charge is 0.394 e. The van der Waals surface area contributed by atoms with Crippen molar-refractivity contribution < 1.29 is 5.11 Å². The van der Waals surface area contributed by atoms with E-state index in [2.05, 4.69) is 16.4 Å². The lowest BCUT2D eigenvalue weighted by Crippen LogP contribution is -2.42. The van der Waals surface area contributed by atoms with E-state index < -0.39 is 5.54 Å². The number of pyridine rings is 1. The van der Waals surface area contributed by atoms with Gasteiger partial charge in [0.2, 0.25) is 0 Å². The van der Waals surface area contributed by atoms with Crippen molar-refractivity contribution in [1.29, 1.82) is 0 Å². The maximum Gasteiger partial charge on any atom is 0.0652 e. The zero-order valence-corrected chi connectivity index (χ0v) is 11.4. The minimum Gasteiger partial charge on any atom is -0.394 e. The Morgan fingerprint density at radius 1 is 1.21 bits per heavy atom. The molecule has 1 heterocycles. The topological polar surface area (TPSA) is 45.2 Å². The molecule has 1 aromatic carbocycles. The van der Waals surface area contributed by atoms with E-state index in [0.717, 1.165) is 16.7 Å². The first-order chi connectivity index (χ1) is 9.14. The van der Waals surface area contributed by atoms with Crippen LogP contribution in [0.4, 0.5) is 0 Å². The summed E-state index contributed by atoms with van der Waals surface area (Å²) in [5, 5.41) is 13.1. The molecule has 0 spiro atoms. The number of aliphatic hydroxyl groups excluding tert-OH is 1. The van der Waals surface area contributed by atoms with Gasteiger partial charge in [0.1, 0.15) is 0 Å². The number of hydrogen-bond acceptors (Lipinski definition) is 3. The molecule has 3 nitrogen and oxygen atoms in total. The Morgan fingerprint density at radius 2 is 1.95 bits per heavy atom. The molecule has 1 atom stereocenters. The lowest BCUT2D eigenvalue weighted by atomic mass is 9.92. The molecule has 0 bridgehead atoms. The predicted molar refractivity (Wildman–Crippen MR) is 76.7 cm³/mol. The van der Waals surface area contributed by atoms with E-state index in [0.29, 0.717) is 6.54 Å². The molecular formula is C16H20N2O. The lowest BCUT2D eigenvalue weighted by molar-refractivity contribution is 0.173. The average Bonchev–Trinajstić information content (AvgIpc) is 2.46. The van der Waals surface area contributed by atoms with Crippen LogP contribution in [0.3, 0.4) is 0 Å². The number of aryl methyl sites for hydroxylation is 1. The Morgan fingerprint density at radius 3 is 2.58 bits per heavy atom. The van der Waals surface area contributed by atoms with Gasteiger partial charge in [-0.1, -0.05) is 36.4 Å². The fraction of sp³-hybridized carbons (Fsp3) is 0.312. The van der Waals surface area contributed by atoms with Crippen molar-refractivity contribution in [3.63, 3.8) is 0 Å². The number of aliphatic hydroxyl groups is 1. The van der Waals surface area contributed by atoms with Gasteiger partial charge in [0, 0.05) is 18.9 Å². The van der Waals surface area contributed by atoms with Crippen LogP contribution in [0, 0.1) is 6.92 Å². The smallest absolute Gasteiger partial charge is 0.0652 e. The molecule has 1 aromatic heterocycles. The van der Waals surface area contributed by atoms with Gasteiger partial charge in [-0.2, -0.15) is 0 Å². The van der Waals surface area contributed by atoms with Crippen LogP contribution in [0.1, 0.15) is 23.6 Å². The summed E-state index contributed by atoms with van der Waals surface area (Å²) in [6.45, 7) is 4.77. The predicted octanol–water partition coefficient (Wildman–Crippen LogP) is 2.39. The number of nitrogens with zero attached hydrogens (tertiary/aromatic N) is 1. The number of aromatic nitrogens is 1. The summed E-state index contributed by atoms with van der Waals surface area (Å²) in [5.41, 5.74) is 2.91. The highest BCUT2D eigenvalue weighted by Gasteiger charge is 2.24. The van der Waals surface area contributed by atoms with Gasteiger partial charge in [0.25, 0.3) is 0 Å². The van der Waals surface area contributed by atoms with Crippen molar-refractivity contribution in [3.05, 3.63) is 65.5 Å². The van der Waals surface area contributed by atoms with E-state index >= 15 is 0 Å². The van der Waals surface area contributed by atoms with E-state index in [1.165, 1.54) is 0 Å². The molecule has 0 amide bonds. The third-order valence-corrected chi connectivity index (χ3v) is 3.34. The molecule has 1 unspecified atom stereocenters. The van der Waals surface area contributed by atoms with Crippen molar-refractivity contribution in [2.24, 2.45) is 0 Å². The molecule has 0 saturated heterocycles. The Kier molecular flexibility index (Phi) is 4.30. The second kappa shape index (κ2) is 5.95. The van der Waals surface area contributed by atoms with E-state index in [9.17, 15) is 5.11 Å². The summed E-state index contributed by atoms with van der Waals surface area (Å²) in [6, 6.07) is 12.1. The fourth-order valence-electron chi connectivity index (χ4n) is 2.07. The minimum atomic E-state index is -0.439. The maximum absolute atomic E-state index is 9.69. The van der Waals surface area contributed by atoms with E-state index in [4.69, 9.17) is 0 Å². The summed E-state index contributed by atoms with van der Waals surface area (Å²) in [7, 11) is 0. The first kappa shape index (κ1) is 13.7. The second-order valence-electron chi connectivity index (χ2n) is 5.08. The molecule has 2 N–H and O–H groups in total. The van der Waals surface area contributed by atoms with Gasteiger partial charge >= 0.3 is 0 Å². The Balaban J connectivity index is 2.11. The molecule has 2 aromatic rings. The van der Waals surface area contributed by atoms with Crippen molar-refractivity contribution in [2.75, 3.05) is 6.61 Å². The fourth-order valence-corrected chi connectivity index (χ4v) is 2.07. The molecule has 3 heteroatoms. The van der Waals surface area contributed by atoms with Gasteiger partial charge in [-0.3, -0.25) is 4.98 Å². The van der Waals surface area contributed by atoms with Gasteiger partial charge in [0.05, 0.1) is 12.1 Å². The Labute approximate surface area is 114 Å². The molecule has 2 rings (SSSR count). The van der Waals surface area contributed by atoms with Gasteiger partial charge in [-0.05, 0) is 30.5 Å². The first-order valence-electron chi connectivity index (χ1n) is 6.46. The Bertz CT molecular complexity index is 527. The van der Waals surface area contributed by atoms with Crippen LogP contribution < -0.4 is 5.32 Å². The highest BCUT2D eigenvalue weighted by Crippen LogP contribution is 2.20. The van der Waals surface area contributed by atoms with Crippen LogP contribution in [0.25, 0.3) is 0 Å². The van der Waals surface area contributed by atoms with Crippen molar-refractivity contribution in [3.8, 4) is 0 Å².